The number of rotatable bonds is 3. The van der Waals surface area contributed by atoms with Crippen LogP contribution in [-0.4, -0.2) is 63.3 Å². The lowest BCUT2D eigenvalue weighted by Gasteiger charge is -2.34. The summed E-state index contributed by atoms with van der Waals surface area (Å²) in [6, 6.07) is 0. The molecular weight excluding hydrogens is 266 g/mol. The van der Waals surface area contributed by atoms with E-state index in [4.69, 9.17) is 4.74 Å². The van der Waals surface area contributed by atoms with E-state index in [0.29, 0.717) is 6.54 Å². The second-order valence-corrected chi connectivity index (χ2v) is 5.81. The fourth-order valence-electron chi connectivity index (χ4n) is 2.66. The van der Waals surface area contributed by atoms with Gasteiger partial charge >= 0.3 is 0 Å². The predicted molar refractivity (Wildman–Crippen MR) is 77.7 cm³/mol. The van der Waals surface area contributed by atoms with E-state index in [2.05, 4.69) is 22.6 Å². The van der Waals surface area contributed by atoms with Crippen molar-refractivity contribution in [3.63, 3.8) is 0 Å². The lowest BCUT2D eigenvalue weighted by atomic mass is 9.82. The molecule has 0 aromatic rings. The Balaban J connectivity index is 0.00000180. The van der Waals surface area contributed by atoms with E-state index in [1.807, 2.05) is 6.92 Å². The molecule has 0 radical (unpaired) electrons. The van der Waals surface area contributed by atoms with Crippen LogP contribution in [0.25, 0.3) is 0 Å². The maximum absolute atomic E-state index is 12.2. The summed E-state index contributed by atoms with van der Waals surface area (Å²) < 4.78 is 5.65. The van der Waals surface area contributed by atoms with Crippen LogP contribution in [0.15, 0.2) is 0 Å². The molecule has 2 aliphatic heterocycles. The van der Waals surface area contributed by atoms with Crippen LogP contribution in [0.5, 0.6) is 0 Å². The lowest BCUT2D eigenvalue weighted by Crippen LogP contribution is -2.52. The Morgan fingerprint density at radius 3 is 3.00 bits per heavy atom. The van der Waals surface area contributed by atoms with Crippen molar-refractivity contribution >= 4 is 18.3 Å². The Morgan fingerprint density at radius 2 is 2.37 bits per heavy atom. The lowest BCUT2D eigenvalue weighted by molar-refractivity contribution is -0.132. The summed E-state index contributed by atoms with van der Waals surface area (Å²) in [4.78, 5) is 14.5. The van der Waals surface area contributed by atoms with Gasteiger partial charge in [0.2, 0.25) is 5.91 Å². The molecule has 2 aliphatic rings. The highest BCUT2D eigenvalue weighted by Crippen LogP contribution is 2.25. The van der Waals surface area contributed by atoms with Crippen molar-refractivity contribution < 1.29 is 9.53 Å². The zero-order valence-corrected chi connectivity index (χ0v) is 12.7. The topological polar surface area (TPSA) is 53.6 Å². The van der Waals surface area contributed by atoms with Gasteiger partial charge in [-0.05, 0) is 33.4 Å². The second-order valence-electron chi connectivity index (χ2n) is 5.81. The fourth-order valence-corrected chi connectivity index (χ4v) is 2.66. The van der Waals surface area contributed by atoms with Crippen molar-refractivity contribution in [3.8, 4) is 0 Å². The first-order valence-electron chi connectivity index (χ1n) is 6.89. The number of nitrogens with one attached hydrogen (secondary N) is 2. The first-order chi connectivity index (χ1) is 8.60. The van der Waals surface area contributed by atoms with Crippen LogP contribution in [0.1, 0.15) is 19.8 Å². The molecule has 5 nitrogen and oxygen atoms in total. The van der Waals surface area contributed by atoms with E-state index in [1.165, 1.54) is 0 Å². The summed E-state index contributed by atoms with van der Waals surface area (Å²) in [6.45, 7) is 7.11. The molecule has 0 aliphatic carbocycles. The van der Waals surface area contributed by atoms with E-state index in [-0.39, 0.29) is 29.8 Å². The highest BCUT2D eigenvalue weighted by atomic mass is 35.5. The van der Waals surface area contributed by atoms with Crippen LogP contribution in [0, 0.1) is 5.41 Å². The van der Waals surface area contributed by atoms with Crippen molar-refractivity contribution in [3.05, 3.63) is 0 Å². The van der Waals surface area contributed by atoms with Gasteiger partial charge in [0.15, 0.2) is 0 Å². The van der Waals surface area contributed by atoms with E-state index in [9.17, 15) is 4.79 Å². The van der Waals surface area contributed by atoms with Gasteiger partial charge in [0.25, 0.3) is 0 Å². The van der Waals surface area contributed by atoms with E-state index >= 15 is 0 Å². The minimum atomic E-state index is -0.251. The van der Waals surface area contributed by atoms with Gasteiger partial charge in [-0.2, -0.15) is 0 Å². The van der Waals surface area contributed by atoms with Crippen molar-refractivity contribution in [2.24, 2.45) is 5.41 Å². The molecule has 6 heteroatoms. The Kier molecular flexibility index (Phi) is 6.53. The fraction of sp³-hybridized carbons (Fsp3) is 0.923. The van der Waals surface area contributed by atoms with Gasteiger partial charge in [0, 0.05) is 26.2 Å². The average Bonchev–Trinajstić information content (AvgIpc) is 2.37. The molecule has 2 unspecified atom stereocenters. The molecule has 0 spiro atoms. The van der Waals surface area contributed by atoms with Crippen molar-refractivity contribution in [2.45, 2.75) is 25.9 Å². The molecule has 0 bridgehead atoms. The van der Waals surface area contributed by atoms with Crippen LogP contribution in [0.4, 0.5) is 0 Å². The van der Waals surface area contributed by atoms with E-state index < -0.39 is 0 Å². The number of likely N-dealkylation sites (N-methyl/N-ethyl adjacent to an activating group) is 1. The molecule has 19 heavy (non-hydrogen) atoms. The third-order valence-electron chi connectivity index (χ3n) is 3.98. The first kappa shape index (κ1) is 16.7. The van der Waals surface area contributed by atoms with Gasteiger partial charge in [-0.1, -0.05) is 0 Å². The van der Waals surface area contributed by atoms with Gasteiger partial charge in [-0.25, -0.2) is 0 Å². The summed E-state index contributed by atoms with van der Waals surface area (Å²) in [7, 11) is 2.09. The molecule has 2 saturated heterocycles. The van der Waals surface area contributed by atoms with Crippen LogP contribution < -0.4 is 10.6 Å². The zero-order valence-electron chi connectivity index (χ0n) is 11.9. The quantitative estimate of drug-likeness (QED) is 0.782. The molecule has 2 heterocycles. The molecule has 112 valence electrons. The number of hydrogen-bond donors (Lipinski definition) is 2. The Labute approximate surface area is 121 Å². The maximum Gasteiger partial charge on any atom is 0.227 e. The number of ether oxygens (including phenoxy) is 1. The summed E-state index contributed by atoms with van der Waals surface area (Å²) in [5.41, 5.74) is -0.251. The molecule has 2 atom stereocenters. The number of amides is 1. The van der Waals surface area contributed by atoms with Gasteiger partial charge < -0.3 is 20.3 Å². The van der Waals surface area contributed by atoms with Gasteiger partial charge in [-0.3, -0.25) is 4.79 Å². The predicted octanol–water partition coefficient (Wildman–Crippen LogP) is 0.245. The zero-order chi connectivity index (χ0) is 13.0. The Hall–Kier alpha value is -0.360. The molecular formula is C13H26ClN3O2. The monoisotopic (exact) mass is 291 g/mol. The molecule has 0 aromatic carbocycles. The minimum Gasteiger partial charge on any atom is -0.374 e. The standard InChI is InChI=1S/C13H25N3O2.ClH/c1-13(4-3-5-14-10-13)12(17)15-8-11-9-16(2)6-7-18-11;/h11,14H,3-10H2,1-2H3,(H,15,17);1H. The number of nitrogens with zero attached hydrogens (tertiary/aromatic N) is 1. The Morgan fingerprint density at radius 1 is 1.58 bits per heavy atom. The van der Waals surface area contributed by atoms with Gasteiger partial charge in [0.05, 0.1) is 18.1 Å². The summed E-state index contributed by atoms with van der Waals surface area (Å²) >= 11 is 0. The largest absolute Gasteiger partial charge is 0.374 e. The molecule has 2 N–H and O–H groups in total. The van der Waals surface area contributed by atoms with Crippen molar-refractivity contribution in [1.82, 2.24) is 15.5 Å². The van der Waals surface area contributed by atoms with E-state index in [0.717, 1.165) is 45.6 Å². The van der Waals surface area contributed by atoms with Gasteiger partial charge in [-0.15, -0.1) is 12.4 Å². The van der Waals surface area contributed by atoms with Gasteiger partial charge in [0.1, 0.15) is 0 Å². The summed E-state index contributed by atoms with van der Waals surface area (Å²) in [5.74, 6) is 0.159. The highest BCUT2D eigenvalue weighted by molar-refractivity contribution is 5.85. The highest BCUT2D eigenvalue weighted by Gasteiger charge is 2.34. The number of piperidine rings is 1. The average molecular weight is 292 g/mol. The van der Waals surface area contributed by atoms with Crippen molar-refractivity contribution in [1.29, 1.82) is 0 Å². The molecule has 1 amide bonds. The molecule has 2 fully saturated rings. The number of morpholine rings is 1. The second kappa shape index (κ2) is 7.43. The summed E-state index contributed by atoms with van der Waals surface area (Å²) in [5, 5.41) is 6.35. The smallest absolute Gasteiger partial charge is 0.227 e. The van der Waals surface area contributed by atoms with Crippen LogP contribution in [-0.2, 0) is 9.53 Å². The molecule has 0 aromatic heterocycles. The third kappa shape index (κ3) is 4.60. The molecule has 0 saturated carbocycles. The first-order valence-corrected chi connectivity index (χ1v) is 6.89. The molecule has 2 rings (SSSR count). The van der Waals surface area contributed by atoms with Crippen LogP contribution in [0.3, 0.4) is 0 Å². The van der Waals surface area contributed by atoms with Crippen LogP contribution in [0.2, 0.25) is 0 Å². The van der Waals surface area contributed by atoms with Crippen LogP contribution >= 0.6 is 12.4 Å². The Bertz CT molecular complexity index is 296. The number of carbonyl (C=O) groups is 1. The third-order valence-corrected chi connectivity index (χ3v) is 3.98. The number of hydrogen-bond acceptors (Lipinski definition) is 4. The number of halogens is 1. The SMILES string of the molecule is CN1CCOC(CNC(=O)C2(C)CCCNC2)C1.Cl. The maximum atomic E-state index is 12.2. The normalized spacial score (nSPS) is 32.4. The minimum absolute atomic E-state index is 0. The summed E-state index contributed by atoms with van der Waals surface area (Å²) in [6.07, 6.45) is 2.18. The number of carbonyl (C=O) groups excluding carboxylic acids is 1. The van der Waals surface area contributed by atoms with E-state index in [1.54, 1.807) is 0 Å². The van der Waals surface area contributed by atoms with Crippen molar-refractivity contribution in [2.75, 3.05) is 46.4 Å².